The molecule has 1 heterocycles. The second-order valence-corrected chi connectivity index (χ2v) is 5.99. The van der Waals surface area contributed by atoms with Gasteiger partial charge in [-0.3, -0.25) is 4.79 Å². The van der Waals surface area contributed by atoms with Crippen LogP contribution in [-0.2, 0) is 4.74 Å². The van der Waals surface area contributed by atoms with Gasteiger partial charge >= 0.3 is 6.03 Å². The van der Waals surface area contributed by atoms with Crippen LogP contribution in [0.15, 0.2) is 24.3 Å². The number of benzene rings is 1. The van der Waals surface area contributed by atoms with E-state index in [1.165, 1.54) is 0 Å². The molecule has 24 heavy (non-hydrogen) atoms. The summed E-state index contributed by atoms with van der Waals surface area (Å²) in [6, 6.07) is 7.70. The average molecular weight is 333 g/mol. The van der Waals surface area contributed by atoms with E-state index in [-0.39, 0.29) is 17.9 Å². The van der Waals surface area contributed by atoms with Crippen LogP contribution in [0.5, 0.6) is 0 Å². The van der Waals surface area contributed by atoms with Gasteiger partial charge in [0.2, 0.25) is 0 Å². The molecule has 0 saturated carbocycles. The molecule has 2 N–H and O–H groups in total. The second kappa shape index (κ2) is 9.27. The average Bonchev–Trinajstić information content (AvgIpc) is 2.62. The Morgan fingerprint density at radius 1 is 1.33 bits per heavy atom. The number of amides is 3. The highest BCUT2D eigenvalue weighted by Crippen LogP contribution is 2.27. The van der Waals surface area contributed by atoms with Gasteiger partial charge in [0.25, 0.3) is 5.91 Å². The molecule has 0 bridgehead atoms. The highest BCUT2D eigenvalue weighted by atomic mass is 16.5. The molecule has 1 atom stereocenters. The number of hydrogen-bond acceptors (Lipinski definition) is 3. The normalized spacial score (nSPS) is 17.4. The van der Waals surface area contributed by atoms with Crippen LogP contribution in [0.1, 0.15) is 41.6 Å². The molecule has 1 aromatic carbocycles. The first kappa shape index (κ1) is 18.3. The minimum Gasteiger partial charge on any atom is -0.383 e. The molecule has 1 fully saturated rings. The van der Waals surface area contributed by atoms with E-state index in [2.05, 4.69) is 10.6 Å². The van der Waals surface area contributed by atoms with Gasteiger partial charge in [-0.25, -0.2) is 4.79 Å². The molecule has 1 saturated heterocycles. The Hall–Kier alpha value is -2.08. The van der Waals surface area contributed by atoms with Crippen molar-refractivity contribution in [2.75, 3.05) is 39.9 Å². The Kier molecular flexibility index (Phi) is 7.06. The number of nitrogens with zero attached hydrogens (tertiary/aromatic N) is 1. The van der Waals surface area contributed by atoms with Crippen LogP contribution in [0.3, 0.4) is 0 Å². The first-order valence-electron chi connectivity index (χ1n) is 8.55. The topological polar surface area (TPSA) is 70.7 Å². The maximum Gasteiger partial charge on any atom is 0.317 e. The molecule has 3 amide bonds. The maximum absolute atomic E-state index is 12.2. The lowest BCUT2D eigenvalue weighted by Gasteiger charge is -2.33. The van der Waals surface area contributed by atoms with Crippen molar-refractivity contribution >= 4 is 11.9 Å². The molecule has 0 radical (unpaired) electrons. The van der Waals surface area contributed by atoms with Crippen molar-refractivity contribution in [1.82, 2.24) is 15.5 Å². The van der Waals surface area contributed by atoms with Gasteiger partial charge in [0.1, 0.15) is 0 Å². The second-order valence-electron chi connectivity index (χ2n) is 5.99. The summed E-state index contributed by atoms with van der Waals surface area (Å²) in [4.78, 5) is 26.1. The summed E-state index contributed by atoms with van der Waals surface area (Å²) < 4.78 is 4.94. The zero-order valence-corrected chi connectivity index (χ0v) is 14.5. The number of carbonyl (C=O) groups excluding carboxylic acids is 2. The lowest BCUT2D eigenvalue weighted by molar-refractivity contribution is 0.0937. The SMILES string of the molecule is CCNC(=O)N1CCCC(c2cccc(C(=O)NCCOC)c2)C1. The first-order chi connectivity index (χ1) is 11.7. The lowest BCUT2D eigenvalue weighted by atomic mass is 9.89. The van der Waals surface area contributed by atoms with Crippen molar-refractivity contribution in [2.24, 2.45) is 0 Å². The number of rotatable bonds is 6. The minimum absolute atomic E-state index is 0.00402. The predicted octanol–water partition coefficient (Wildman–Crippen LogP) is 1.97. The van der Waals surface area contributed by atoms with E-state index in [1.54, 1.807) is 7.11 Å². The number of urea groups is 1. The van der Waals surface area contributed by atoms with Gasteiger partial charge in [-0.05, 0) is 37.5 Å². The Balaban J connectivity index is 2.02. The van der Waals surface area contributed by atoms with Gasteiger partial charge in [0.05, 0.1) is 6.61 Å². The monoisotopic (exact) mass is 333 g/mol. The van der Waals surface area contributed by atoms with Gasteiger partial charge in [-0.1, -0.05) is 12.1 Å². The van der Waals surface area contributed by atoms with E-state index in [0.717, 1.165) is 24.9 Å². The van der Waals surface area contributed by atoms with E-state index < -0.39 is 0 Å². The molecular formula is C18H27N3O3. The fraction of sp³-hybridized carbons (Fsp3) is 0.556. The third kappa shape index (κ3) is 4.96. The quantitative estimate of drug-likeness (QED) is 0.782. The predicted molar refractivity (Wildman–Crippen MR) is 93.3 cm³/mol. The van der Waals surface area contributed by atoms with Crippen molar-refractivity contribution in [3.8, 4) is 0 Å². The molecule has 6 heteroatoms. The van der Waals surface area contributed by atoms with Gasteiger partial charge < -0.3 is 20.3 Å². The fourth-order valence-corrected chi connectivity index (χ4v) is 3.00. The number of ether oxygens (including phenoxy) is 1. The van der Waals surface area contributed by atoms with Crippen LogP contribution in [-0.4, -0.2) is 56.7 Å². The van der Waals surface area contributed by atoms with Gasteiger partial charge in [0.15, 0.2) is 0 Å². The molecule has 2 rings (SSSR count). The summed E-state index contributed by atoms with van der Waals surface area (Å²) in [7, 11) is 1.61. The van der Waals surface area contributed by atoms with E-state index in [9.17, 15) is 9.59 Å². The zero-order valence-electron chi connectivity index (χ0n) is 14.5. The van der Waals surface area contributed by atoms with E-state index in [1.807, 2.05) is 36.1 Å². The third-order valence-electron chi connectivity index (χ3n) is 4.25. The molecule has 0 aliphatic carbocycles. The number of nitrogens with one attached hydrogen (secondary N) is 2. The van der Waals surface area contributed by atoms with Crippen LogP contribution in [0, 0.1) is 0 Å². The summed E-state index contributed by atoms with van der Waals surface area (Å²) in [5.41, 5.74) is 1.77. The summed E-state index contributed by atoms with van der Waals surface area (Å²) in [5, 5.41) is 5.69. The zero-order chi connectivity index (χ0) is 17.4. The van der Waals surface area contributed by atoms with Crippen molar-refractivity contribution in [1.29, 1.82) is 0 Å². The number of carbonyl (C=O) groups is 2. The van der Waals surface area contributed by atoms with Crippen LogP contribution in [0.25, 0.3) is 0 Å². The van der Waals surface area contributed by atoms with E-state index in [4.69, 9.17) is 4.74 Å². The largest absolute Gasteiger partial charge is 0.383 e. The van der Waals surface area contributed by atoms with E-state index in [0.29, 0.717) is 31.8 Å². The molecule has 1 unspecified atom stereocenters. The van der Waals surface area contributed by atoms with Crippen LogP contribution in [0.4, 0.5) is 4.79 Å². The smallest absolute Gasteiger partial charge is 0.317 e. The Labute approximate surface area is 143 Å². The van der Waals surface area contributed by atoms with Gasteiger partial charge in [-0.2, -0.15) is 0 Å². The fourth-order valence-electron chi connectivity index (χ4n) is 3.00. The van der Waals surface area contributed by atoms with Gasteiger partial charge in [0, 0.05) is 44.8 Å². The van der Waals surface area contributed by atoms with Crippen LogP contribution in [0.2, 0.25) is 0 Å². The molecule has 0 spiro atoms. The Morgan fingerprint density at radius 2 is 2.17 bits per heavy atom. The molecule has 132 valence electrons. The number of piperidine rings is 1. The maximum atomic E-state index is 12.2. The lowest BCUT2D eigenvalue weighted by Crippen LogP contribution is -2.44. The Morgan fingerprint density at radius 3 is 2.92 bits per heavy atom. The van der Waals surface area contributed by atoms with Crippen molar-refractivity contribution in [3.63, 3.8) is 0 Å². The third-order valence-corrected chi connectivity index (χ3v) is 4.25. The first-order valence-corrected chi connectivity index (χ1v) is 8.55. The highest BCUT2D eigenvalue weighted by molar-refractivity contribution is 5.94. The Bertz CT molecular complexity index is 562. The molecule has 1 aliphatic rings. The summed E-state index contributed by atoms with van der Waals surface area (Å²) >= 11 is 0. The molecule has 1 aliphatic heterocycles. The molecule has 0 aromatic heterocycles. The van der Waals surface area contributed by atoms with Crippen molar-refractivity contribution in [2.45, 2.75) is 25.7 Å². The van der Waals surface area contributed by atoms with Gasteiger partial charge in [-0.15, -0.1) is 0 Å². The van der Waals surface area contributed by atoms with Crippen molar-refractivity contribution in [3.05, 3.63) is 35.4 Å². The molecule has 1 aromatic rings. The molecule has 6 nitrogen and oxygen atoms in total. The minimum atomic E-state index is -0.0923. The summed E-state index contributed by atoms with van der Waals surface area (Å²) in [5.74, 6) is 0.179. The summed E-state index contributed by atoms with van der Waals surface area (Å²) in [6.45, 7) is 5.03. The number of methoxy groups -OCH3 is 1. The van der Waals surface area contributed by atoms with Crippen molar-refractivity contribution < 1.29 is 14.3 Å². The van der Waals surface area contributed by atoms with E-state index >= 15 is 0 Å². The molecular weight excluding hydrogens is 306 g/mol. The van der Waals surface area contributed by atoms with Crippen LogP contribution < -0.4 is 10.6 Å². The van der Waals surface area contributed by atoms with Crippen LogP contribution >= 0.6 is 0 Å². The standard InChI is InChI=1S/C18H27N3O3/c1-3-19-18(23)21-10-5-8-16(13-21)14-6-4-7-15(12-14)17(22)20-9-11-24-2/h4,6-7,12,16H,3,5,8-11,13H2,1-2H3,(H,19,23)(H,20,22). The highest BCUT2D eigenvalue weighted by Gasteiger charge is 2.24. The summed E-state index contributed by atoms with van der Waals surface area (Å²) in [6.07, 6.45) is 2.01. The number of hydrogen-bond donors (Lipinski definition) is 2. The number of likely N-dealkylation sites (tertiary alicyclic amines) is 1.